The lowest BCUT2D eigenvalue weighted by Gasteiger charge is -2.13. The van der Waals surface area contributed by atoms with Crippen LogP contribution in [0.4, 0.5) is 14.5 Å². The van der Waals surface area contributed by atoms with Gasteiger partial charge in [0.05, 0.1) is 6.61 Å². The first-order valence-electron chi connectivity index (χ1n) is 9.54. The smallest absolute Gasteiger partial charge is 0.387 e. The number of ether oxygens (including phenoxy) is 3. The van der Waals surface area contributed by atoms with E-state index in [1.165, 1.54) is 31.2 Å². The van der Waals surface area contributed by atoms with E-state index in [-0.39, 0.29) is 18.1 Å². The van der Waals surface area contributed by atoms with Gasteiger partial charge in [-0.05, 0) is 44.2 Å². The van der Waals surface area contributed by atoms with Crippen molar-refractivity contribution < 1.29 is 37.0 Å². The summed E-state index contributed by atoms with van der Waals surface area (Å²) in [5, 5.41) is 3.27. The molecule has 0 spiro atoms. The van der Waals surface area contributed by atoms with Crippen LogP contribution in [-0.4, -0.2) is 31.2 Å². The zero-order valence-electron chi connectivity index (χ0n) is 16.9. The quantitative estimate of drug-likeness (QED) is 0.490. The molecule has 7 nitrogen and oxygen atoms in total. The molecule has 0 saturated carbocycles. The molecule has 3 rings (SSSR count). The van der Waals surface area contributed by atoms with E-state index in [2.05, 4.69) is 10.1 Å². The Kier molecular flexibility index (Phi) is 7.19. The van der Waals surface area contributed by atoms with E-state index < -0.39 is 24.6 Å². The van der Waals surface area contributed by atoms with E-state index in [1.807, 2.05) is 19.1 Å². The number of amides is 1. The van der Waals surface area contributed by atoms with Gasteiger partial charge >= 0.3 is 12.6 Å². The Labute approximate surface area is 176 Å². The number of halogens is 2. The third kappa shape index (κ3) is 5.58. The van der Waals surface area contributed by atoms with Crippen LogP contribution in [0.3, 0.4) is 0 Å². The largest absolute Gasteiger partial charge is 0.449 e. The standard InChI is InChI=1S/C22H21F2NO6/c1-3-28-12-17-16-6-4-5-7-18(16)31-19(17)21(27)29-13(2)20(26)25-14-8-10-15(11-9-14)30-22(23)24/h4-11,13,22H,3,12H2,1-2H3,(H,25,26). The van der Waals surface area contributed by atoms with Gasteiger partial charge in [-0.2, -0.15) is 8.78 Å². The van der Waals surface area contributed by atoms with Gasteiger partial charge < -0.3 is 23.9 Å². The van der Waals surface area contributed by atoms with Gasteiger partial charge in [0.15, 0.2) is 6.10 Å². The second-order valence-corrected chi connectivity index (χ2v) is 6.48. The monoisotopic (exact) mass is 433 g/mol. The van der Waals surface area contributed by atoms with Gasteiger partial charge in [0.25, 0.3) is 5.91 Å². The van der Waals surface area contributed by atoms with Gasteiger partial charge in [-0.3, -0.25) is 4.79 Å². The second-order valence-electron chi connectivity index (χ2n) is 6.48. The van der Waals surface area contributed by atoms with Gasteiger partial charge in [0, 0.05) is 23.2 Å². The fourth-order valence-corrected chi connectivity index (χ4v) is 2.84. The van der Waals surface area contributed by atoms with Gasteiger partial charge in [-0.25, -0.2) is 4.79 Å². The number of furan rings is 1. The fraction of sp³-hybridized carbons (Fsp3) is 0.273. The molecule has 1 N–H and O–H groups in total. The number of para-hydroxylation sites is 1. The summed E-state index contributed by atoms with van der Waals surface area (Å²) in [7, 11) is 0. The molecule has 1 atom stereocenters. The summed E-state index contributed by atoms with van der Waals surface area (Å²) in [6.45, 7) is 0.913. The first-order chi connectivity index (χ1) is 14.9. The Balaban J connectivity index is 1.68. The molecule has 0 aliphatic carbocycles. The van der Waals surface area contributed by atoms with Crippen molar-refractivity contribution in [3.8, 4) is 5.75 Å². The summed E-state index contributed by atoms with van der Waals surface area (Å²) in [5.41, 5.74) is 1.38. The minimum atomic E-state index is -2.94. The molecule has 9 heteroatoms. The predicted octanol–water partition coefficient (Wildman–Crippen LogP) is 4.75. The number of carbonyl (C=O) groups excluding carboxylic acids is 2. The first kappa shape index (κ1) is 22.2. The number of carbonyl (C=O) groups is 2. The molecular weight excluding hydrogens is 412 g/mol. The normalized spacial score (nSPS) is 12.0. The highest BCUT2D eigenvalue weighted by Gasteiger charge is 2.26. The molecule has 0 fully saturated rings. The summed E-state index contributed by atoms with van der Waals surface area (Å²) in [5.74, 6) is -1.46. The molecule has 0 aliphatic heterocycles. The fourth-order valence-electron chi connectivity index (χ4n) is 2.84. The highest BCUT2D eigenvalue weighted by atomic mass is 19.3. The molecular formula is C22H21F2NO6. The summed E-state index contributed by atoms with van der Waals surface area (Å²) in [6.07, 6.45) is -1.14. The minimum Gasteiger partial charge on any atom is -0.449 e. The number of hydrogen-bond acceptors (Lipinski definition) is 6. The van der Waals surface area contributed by atoms with E-state index in [4.69, 9.17) is 13.9 Å². The van der Waals surface area contributed by atoms with Gasteiger partial charge in [0.2, 0.25) is 5.76 Å². The van der Waals surface area contributed by atoms with E-state index in [0.29, 0.717) is 23.4 Å². The van der Waals surface area contributed by atoms with Crippen LogP contribution in [0.15, 0.2) is 52.9 Å². The summed E-state index contributed by atoms with van der Waals surface area (Å²) >= 11 is 0. The Morgan fingerprint density at radius 2 is 1.81 bits per heavy atom. The molecule has 0 aliphatic rings. The average molecular weight is 433 g/mol. The maximum absolute atomic E-state index is 12.7. The van der Waals surface area contributed by atoms with E-state index in [1.54, 1.807) is 12.1 Å². The number of benzene rings is 2. The highest BCUT2D eigenvalue weighted by molar-refractivity contribution is 5.99. The number of hydrogen-bond donors (Lipinski definition) is 1. The lowest BCUT2D eigenvalue weighted by molar-refractivity contribution is -0.123. The number of nitrogens with one attached hydrogen (secondary N) is 1. The maximum Gasteiger partial charge on any atom is 0.387 e. The van der Waals surface area contributed by atoms with Crippen LogP contribution in [0.1, 0.15) is 30.0 Å². The predicted molar refractivity (Wildman–Crippen MR) is 108 cm³/mol. The topological polar surface area (TPSA) is 87.0 Å². The van der Waals surface area contributed by atoms with Crippen molar-refractivity contribution >= 4 is 28.5 Å². The molecule has 1 heterocycles. The second kappa shape index (κ2) is 10.0. The summed E-state index contributed by atoms with van der Waals surface area (Å²) < 4.78 is 45.0. The third-order valence-corrected chi connectivity index (χ3v) is 4.33. The van der Waals surface area contributed by atoms with E-state index in [9.17, 15) is 18.4 Å². The number of alkyl halides is 2. The number of esters is 1. The maximum atomic E-state index is 12.7. The lowest BCUT2D eigenvalue weighted by Crippen LogP contribution is -2.30. The van der Waals surface area contributed by atoms with E-state index in [0.717, 1.165) is 5.39 Å². The van der Waals surface area contributed by atoms with Gasteiger partial charge in [-0.15, -0.1) is 0 Å². The average Bonchev–Trinajstić information content (AvgIpc) is 3.12. The van der Waals surface area contributed by atoms with Crippen molar-refractivity contribution in [3.05, 3.63) is 59.9 Å². The van der Waals surface area contributed by atoms with Crippen LogP contribution in [0.5, 0.6) is 5.75 Å². The summed E-state index contributed by atoms with van der Waals surface area (Å²) in [6, 6.07) is 12.5. The molecule has 31 heavy (non-hydrogen) atoms. The van der Waals surface area contributed by atoms with Crippen molar-refractivity contribution in [3.63, 3.8) is 0 Å². The third-order valence-electron chi connectivity index (χ3n) is 4.33. The number of rotatable bonds is 9. The minimum absolute atomic E-state index is 0.0252. The molecule has 164 valence electrons. The van der Waals surface area contributed by atoms with Gasteiger partial charge in [0.1, 0.15) is 11.3 Å². The van der Waals surface area contributed by atoms with Crippen LogP contribution in [0, 0.1) is 0 Å². The van der Waals surface area contributed by atoms with Crippen LogP contribution >= 0.6 is 0 Å². The molecule has 2 aromatic carbocycles. The molecule has 0 radical (unpaired) electrons. The number of anilines is 1. The lowest BCUT2D eigenvalue weighted by atomic mass is 10.1. The van der Waals surface area contributed by atoms with Crippen molar-refractivity contribution in [2.24, 2.45) is 0 Å². The van der Waals surface area contributed by atoms with Crippen LogP contribution in [0.25, 0.3) is 11.0 Å². The summed E-state index contributed by atoms with van der Waals surface area (Å²) in [4.78, 5) is 25.1. The number of fused-ring (bicyclic) bond motifs is 1. The molecule has 0 bridgehead atoms. The van der Waals surface area contributed by atoms with E-state index >= 15 is 0 Å². The van der Waals surface area contributed by atoms with Crippen molar-refractivity contribution in [1.29, 1.82) is 0 Å². The first-order valence-corrected chi connectivity index (χ1v) is 9.54. The van der Waals surface area contributed by atoms with Crippen LogP contribution < -0.4 is 10.1 Å². The van der Waals surface area contributed by atoms with Crippen molar-refractivity contribution in [1.82, 2.24) is 0 Å². The Bertz CT molecular complexity index is 1050. The highest BCUT2D eigenvalue weighted by Crippen LogP contribution is 2.27. The van der Waals surface area contributed by atoms with Crippen LogP contribution in [0.2, 0.25) is 0 Å². The Morgan fingerprint density at radius 3 is 2.48 bits per heavy atom. The van der Waals surface area contributed by atoms with Crippen molar-refractivity contribution in [2.75, 3.05) is 11.9 Å². The van der Waals surface area contributed by atoms with Gasteiger partial charge in [-0.1, -0.05) is 18.2 Å². The zero-order chi connectivity index (χ0) is 22.4. The molecule has 1 amide bonds. The Morgan fingerprint density at radius 1 is 1.10 bits per heavy atom. The zero-order valence-corrected chi connectivity index (χ0v) is 16.9. The molecule has 1 aromatic heterocycles. The molecule has 3 aromatic rings. The van der Waals surface area contributed by atoms with Crippen molar-refractivity contribution in [2.45, 2.75) is 33.2 Å². The SMILES string of the molecule is CCOCc1c(C(=O)OC(C)C(=O)Nc2ccc(OC(F)F)cc2)oc2ccccc12. The van der Waals surface area contributed by atoms with Crippen LogP contribution in [-0.2, 0) is 20.9 Å². The molecule has 0 saturated heterocycles. The Hall–Kier alpha value is -3.46. The molecule has 1 unspecified atom stereocenters.